The fourth-order valence-corrected chi connectivity index (χ4v) is 2.49. The first-order valence-corrected chi connectivity index (χ1v) is 6.70. The molecule has 0 amide bonds. The minimum Gasteiger partial charge on any atom is -0.310 e. The van der Waals surface area contributed by atoms with Gasteiger partial charge in [0.25, 0.3) is 0 Å². The Balaban J connectivity index is 2.24. The van der Waals surface area contributed by atoms with Crippen molar-refractivity contribution in [3.63, 3.8) is 0 Å². The molecule has 90 valence electrons. The van der Waals surface area contributed by atoms with Gasteiger partial charge in [0, 0.05) is 18.6 Å². The van der Waals surface area contributed by atoms with E-state index in [-0.39, 0.29) is 0 Å². The van der Waals surface area contributed by atoms with E-state index < -0.39 is 0 Å². The van der Waals surface area contributed by atoms with E-state index >= 15 is 0 Å². The highest BCUT2D eigenvalue weighted by molar-refractivity contribution is 4.79. The molecule has 0 aliphatic carbocycles. The quantitative estimate of drug-likeness (QED) is 0.728. The molecular weight excluding hydrogens is 184 g/mol. The molecule has 1 aliphatic heterocycles. The molecule has 1 heterocycles. The summed E-state index contributed by atoms with van der Waals surface area (Å²) in [5.41, 5.74) is 0. The Morgan fingerprint density at radius 3 is 2.80 bits per heavy atom. The summed E-state index contributed by atoms with van der Waals surface area (Å²) in [6.07, 6.45) is 8.05. The van der Waals surface area contributed by atoms with E-state index in [9.17, 15) is 0 Å². The molecule has 1 N–H and O–H groups in total. The maximum Gasteiger partial charge on any atom is 0.0197 e. The maximum absolute atomic E-state index is 3.83. The van der Waals surface area contributed by atoms with Crippen LogP contribution in [-0.4, -0.2) is 37.1 Å². The number of nitrogens with zero attached hydrogens (tertiary/aromatic N) is 1. The van der Waals surface area contributed by atoms with Crippen LogP contribution in [0.2, 0.25) is 0 Å². The van der Waals surface area contributed by atoms with E-state index in [1.807, 2.05) is 0 Å². The maximum atomic E-state index is 3.83. The number of hydrogen-bond acceptors (Lipinski definition) is 2. The molecule has 1 aliphatic rings. The average Bonchev–Trinajstić information content (AvgIpc) is 2.24. The molecule has 0 radical (unpaired) electrons. The van der Waals surface area contributed by atoms with Gasteiger partial charge in [-0.15, -0.1) is 0 Å². The summed E-state index contributed by atoms with van der Waals surface area (Å²) in [5, 5.41) is 3.83. The van der Waals surface area contributed by atoms with E-state index in [1.54, 1.807) is 0 Å². The van der Waals surface area contributed by atoms with Gasteiger partial charge < -0.3 is 10.2 Å². The fourth-order valence-electron chi connectivity index (χ4n) is 2.49. The van der Waals surface area contributed by atoms with Crippen LogP contribution in [0.1, 0.15) is 52.4 Å². The molecule has 0 saturated carbocycles. The second-order valence-corrected chi connectivity index (χ2v) is 5.02. The molecule has 0 bridgehead atoms. The van der Waals surface area contributed by atoms with Crippen molar-refractivity contribution in [3.8, 4) is 0 Å². The lowest BCUT2D eigenvalue weighted by Gasteiger charge is -2.33. The number of rotatable bonds is 6. The van der Waals surface area contributed by atoms with Gasteiger partial charge >= 0.3 is 0 Å². The van der Waals surface area contributed by atoms with Crippen molar-refractivity contribution in [1.82, 2.24) is 10.2 Å². The number of likely N-dealkylation sites (N-methyl/N-ethyl adjacent to an activating group) is 1. The predicted molar refractivity (Wildman–Crippen MR) is 67.3 cm³/mol. The van der Waals surface area contributed by atoms with Crippen molar-refractivity contribution in [2.45, 2.75) is 64.5 Å². The van der Waals surface area contributed by atoms with Crippen molar-refractivity contribution in [1.29, 1.82) is 0 Å². The SMILES string of the molecule is CCCCC(CC)NC1CCCN(C)C1. The van der Waals surface area contributed by atoms with E-state index in [0.29, 0.717) is 0 Å². The lowest BCUT2D eigenvalue weighted by molar-refractivity contribution is 0.212. The summed E-state index contributed by atoms with van der Waals surface area (Å²) in [6.45, 7) is 7.10. The molecule has 2 atom stereocenters. The Labute approximate surface area is 95.4 Å². The van der Waals surface area contributed by atoms with Crippen LogP contribution < -0.4 is 5.32 Å². The van der Waals surface area contributed by atoms with Crippen molar-refractivity contribution in [2.75, 3.05) is 20.1 Å². The molecule has 1 rings (SSSR count). The smallest absolute Gasteiger partial charge is 0.0197 e. The molecule has 2 unspecified atom stereocenters. The number of unbranched alkanes of at least 4 members (excludes halogenated alkanes) is 1. The lowest BCUT2D eigenvalue weighted by atomic mass is 10.0. The molecule has 1 saturated heterocycles. The van der Waals surface area contributed by atoms with Crippen LogP contribution in [0.15, 0.2) is 0 Å². The van der Waals surface area contributed by atoms with Gasteiger partial charge in [-0.3, -0.25) is 0 Å². The van der Waals surface area contributed by atoms with Crippen LogP contribution in [-0.2, 0) is 0 Å². The van der Waals surface area contributed by atoms with Crippen LogP contribution in [0.5, 0.6) is 0 Å². The molecule has 0 aromatic rings. The summed E-state index contributed by atoms with van der Waals surface area (Å²) < 4.78 is 0. The van der Waals surface area contributed by atoms with Gasteiger partial charge in [0.15, 0.2) is 0 Å². The van der Waals surface area contributed by atoms with Crippen molar-refractivity contribution in [3.05, 3.63) is 0 Å². The van der Waals surface area contributed by atoms with Crippen molar-refractivity contribution in [2.24, 2.45) is 0 Å². The lowest BCUT2D eigenvalue weighted by Crippen LogP contribution is -2.47. The Hall–Kier alpha value is -0.0800. The zero-order chi connectivity index (χ0) is 11.1. The van der Waals surface area contributed by atoms with Gasteiger partial charge in [-0.25, -0.2) is 0 Å². The van der Waals surface area contributed by atoms with Gasteiger partial charge in [0.05, 0.1) is 0 Å². The zero-order valence-corrected chi connectivity index (χ0v) is 10.8. The standard InChI is InChI=1S/C13H28N2/c1-4-6-8-12(5-2)14-13-9-7-10-15(3)11-13/h12-14H,4-11H2,1-3H3. The van der Waals surface area contributed by atoms with Crippen LogP contribution in [0.25, 0.3) is 0 Å². The Kier molecular flexibility index (Phi) is 6.26. The zero-order valence-electron chi connectivity index (χ0n) is 10.8. The fraction of sp³-hybridized carbons (Fsp3) is 1.00. The van der Waals surface area contributed by atoms with Crippen LogP contribution in [0.4, 0.5) is 0 Å². The highest BCUT2D eigenvalue weighted by Crippen LogP contribution is 2.11. The Bertz CT molecular complexity index is 159. The number of likely N-dealkylation sites (tertiary alicyclic amines) is 1. The normalized spacial score (nSPS) is 25.4. The third-order valence-electron chi connectivity index (χ3n) is 3.49. The van der Waals surface area contributed by atoms with Crippen molar-refractivity contribution >= 4 is 0 Å². The van der Waals surface area contributed by atoms with E-state index in [4.69, 9.17) is 0 Å². The molecule has 0 aromatic carbocycles. The summed E-state index contributed by atoms with van der Waals surface area (Å²) in [4.78, 5) is 2.45. The van der Waals surface area contributed by atoms with Gasteiger partial charge in [-0.05, 0) is 39.3 Å². The molecule has 0 aromatic heterocycles. The third kappa shape index (κ3) is 4.98. The van der Waals surface area contributed by atoms with E-state index in [0.717, 1.165) is 12.1 Å². The first kappa shape index (κ1) is 13.0. The van der Waals surface area contributed by atoms with Gasteiger partial charge in [-0.2, -0.15) is 0 Å². The van der Waals surface area contributed by atoms with E-state index in [1.165, 1.54) is 51.6 Å². The van der Waals surface area contributed by atoms with Crippen LogP contribution in [0.3, 0.4) is 0 Å². The molecule has 2 heteroatoms. The van der Waals surface area contributed by atoms with Gasteiger partial charge in [0.1, 0.15) is 0 Å². The second-order valence-electron chi connectivity index (χ2n) is 5.02. The van der Waals surface area contributed by atoms with Gasteiger partial charge in [0.2, 0.25) is 0 Å². The van der Waals surface area contributed by atoms with Crippen molar-refractivity contribution < 1.29 is 0 Å². The molecule has 2 nitrogen and oxygen atoms in total. The summed E-state index contributed by atoms with van der Waals surface area (Å²) >= 11 is 0. The number of nitrogens with one attached hydrogen (secondary N) is 1. The van der Waals surface area contributed by atoms with Crippen LogP contribution >= 0.6 is 0 Å². The summed E-state index contributed by atoms with van der Waals surface area (Å²) in [7, 11) is 2.24. The summed E-state index contributed by atoms with van der Waals surface area (Å²) in [5.74, 6) is 0. The van der Waals surface area contributed by atoms with E-state index in [2.05, 4.69) is 31.1 Å². The first-order chi connectivity index (χ1) is 7.26. The second kappa shape index (κ2) is 7.24. The minimum atomic E-state index is 0.741. The summed E-state index contributed by atoms with van der Waals surface area (Å²) in [6, 6.07) is 1.49. The first-order valence-electron chi connectivity index (χ1n) is 6.70. The third-order valence-corrected chi connectivity index (χ3v) is 3.49. The number of piperidine rings is 1. The molecule has 0 spiro atoms. The topological polar surface area (TPSA) is 15.3 Å². The van der Waals surface area contributed by atoms with Gasteiger partial charge in [-0.1, -0.05) is 26.7 Å². The Morgan fingerprint density at radius 2 is 2.20 bits per heavy atom. The average molecular weight is 212 g/mol. The van der Waals surface area contributed by atoms with Crippen LogP contribution in [0, 0.1) is 0 Å². The number of hydrogen-bond donors (Lipinski definition) is 1. The monoisotopic (exact) mass is 212 g/mol. The molecule has 15 heavy (non-hydrogen) atoms. The molecule has 1 fully saturated rings. The highest BCUT2D eigenvalue weighted by Gasteiger charge is 2.19. The highest BCUT2D eigenvalue weighted by atomic mass is 15.1. The largest absolute Gasteiger partial charge is 0.310 e. The predicted octanol–water partition coefficient (Wildman–Crippen LogP) is 2.64. The Morgan fingerprint density at radius 1 is 1.40 bits per heavy atom. The minimum absolute atomic E-state index is 0.741. The molecular formula is C13H28N2.